The molecule has 0 amide bonds. The third-order valence-corrected chi connectivity index (χ3v) is 5.44. The molecule has 0 unspecified atom stereocenters. The van der Waals surface area contributed by atoms with E-state index < -0.39 is 0 Å². The first-order valence-corrected chi connectivity index (χ1v) is 10.5. The van der Waals surface area contributed by atoms with Crippen LogP contribution >= 0.6 is 0 Å². The van der Waals surface area contributed by atoms with Gasteiger partial charge in [-0.15, -0.1) is 0 Å². The first-order valence-electron chi connectivity index (χ1n) is 10.5. The fourth-order valence-electron chi connectivity index (χ4n) is 3.46. The Morgan fingerprint density at radius 3 is 2.37 bits per heavy atom. The van der Waals surface area contributed by atoms with Gasteiger partial charge in [-0.1, -0.05) is 42.5 Å². The molecule has 0 saturated heterocycles. The number of hydrogen-bond donors (Lipinski definition) is 2. The summed E-state index contributed by atoms with van der Waals surface area (Å²) in [7, 11) is 1.79. The minimum atomic E-state index is 0.370. The van der Waals surface area contributed by atoms with E-state index in [1.807, 2.05) is 29.1 Å². The van der Waals surface area contributed by atoms with Crippen LogP contribution in [0.1, 0.15) is 36.0 Å². The van der Waals surface area contributed by atoms with Crippen molar-refractivity contribution in [3.63, 3.8) is 0 Å². The molecule has 0 aliphatic heterocycles. The number of ether oxygens (including phenoxy) is 1. The summed E-state index contributed by atoms with van der Waals surface area (Å²) in [5, 5.41) is 11.2. The molecule has 4 rings (SSSR count). The molecule has 0 atom stereocenters. The molecular formula is C24H29N5O. The quantitative estimate of drug-likeness (QED) is 0.444. The number of hydrogen-bond acceptors (Lipinski definition) is 3. The van der Waals surface area contributed by atoms with E-state index in [0.717, 1.165) is 36.7 Å². The molecule has 1 aliphatic carbocycles. The van der Waals surface area contributed by atoms with Gasteiger partial charge in [-0.3, -0.25) is 9.67 Å². The summed E-state index contributed by atoms with van der Waals surface area (Å²) >= 11 is 0. The summed E-state index contributed by atoms with van der Waals surface area (Å²) in [6.07, 6.45) is 7.73. The second-order valence-electron chi connectivity index (χ2n) is 7.53. The van der Waals surface area contributed by atoms with Crippen LogP contribution in [-0.4, -0.2) is 28.9 Å². The Morgan fingerprint density at radius 2 is 1.70 bits per heavy atom. The minimum absolute atomic E-state index is 0.370. The molecule has 6 heteroatoms. The molecule has 6 nitrogen and oxygen atoms in total. The maximum atomic E-state index is 6.13. The Labute approximate surface area is 178 Å². The molecule has 2 N–H and O–H groups in total. The van der Waals surface area contributed by atoms with E-state index in [-0.39, 0.29) is 0 Å². The van der Waals surface area contributed by atoms with Crippen LogP contribution in [-0.2, 0) is 19.6 Å². The lowest BCUT2D eigenvalue weighted by Crippen LogP contribution is -2.36. The molecule has 1 fully saturated rings. The van der Waals surface area contributed by atoms with E-state index in [1.165, 1.54) is 17.5 Å². The molecular weight excluding hydrogens is 374 g/mol. The summed E-state index contributed by atoms with van der Waals surface area (Å²) in [5.41, 5.74) is 3.61. The van der Waals surface area contributed by atoms with Crippen LogP contribution in [0.4, 0.5) is 0 Å². The molecule has 3 aromatic rings. The number of benzene rings is 2. The van der Waals surface area contributed by atoms with Crippen molar-refractivity contribution in [3.05, 3.63) is 83.7 Å². The van der Waals surface area contributed by atoms with Gasteiger partial charge in [-0.2, -0.15) is 5.10 Å². The Morgan fingerprint density at radius 1 is 1.00 bits per heavy atom. The first kappa shape index (κ1) is 20.0. The van der Waals surface area contributed by atoms with Crippen molar-refractivity contribution in [1.82, 2.24) is 20.4 Å². The van der Waals surface area contributed by atoms with Crippen LogP contribution in [0.25, 0.3) is 0 Å². The Balaban J connectivity index is 1.34. The van der Waals surface area contributed by atoms with E-state index >= 15 is 0 Å². The number of rotatable bonds is 8. The van der Waals surface area contributed by atoms with E-state index in [0.29, 0.717) is 19.2 Å². The highest BCUT2D eigenvalue weighted by molar-refractivity contribution is 5.79. The first-order chi connectivity index (χ1) is 14.8. The van der Waals surface area contributed by atoms with Crippen LogP contribution in [0.15, 0.2) is 72.0 Å². The van der Waals surface area contributed by atoms with Crippen LogP contribution in [0.2, 0.25) is 0 Å². The van der Waals surface area contributed by atoms with Gasteiger partial charge in [-0.05, 0) is 42.5 Å². The van der Waals surface area contributed by atoms with Crippen molar-refractivity contribution in [2.24, 2.45) is 4.99 Å². The fraction of sp³-hybridized carbons (Fsp3) is 0.333. The second kappa shape index (κ2) is 9.96. The van der Waals surface area contributed by atoms with Gasteiger partial charge in [0.1, 0.15) is 5.75 Å². The number of guanidine groups is 1. The van der Waals surface area contributed by atoms with Crippen LogP contribution < -0.4 is 15.4 Å². The van der Waals surface area contributed by atoms with Crippen molar-refractivity contribution in [2.45, 2.75) is 45.0 Å². The predicted octanol–water partition coefficient (Wildman–Crippen LogP) is 3.73. The summed E-state index contributed by atoms with van der Waals surface area (Å²) in [6.45, 7) is 2.11. The lowest BCUT2D eigenvalue weighted by Gasteiger charge is -2.27. The highest BCUT2D eigenvalue weighted by Gasteiger charge is 2.20. The minimum Gasteiger partial charge on any atom is -0.490 e. The smallest absolute Gasteiger partial charge is 0.191 e. The topological polar surface area (TPSA) is 63.5 Å². The maximum absolute atomic E-state index is 6.13. The molecule has 0 spiro atoms. The molecule has 30 heavy (non-hydrogen) atoms. The van der Waals surface area contributed by atoms with Crippen molar-refractivity contribution in [3.8, 4) is 5.75 Å². The molecule has 0 radical (unpaired) electrons. The number of nitrogens with zero attached hydrogens (tertiary/aromatic N) is 3. The third kappa shape index (κ3) is 5.20. The van der Waals surface area contributed by atoms with Gasteiger partial charge < -0.3 is 15.4 Å². The lowest BCUT2D eigenvalue weighted by molar-refractivity contribution is 0.119. The summed E-state index contributed by atoms with van der Waals surface area (Å²) in [6, 6.07) is 18.6. The summed E-state index contributed by atoms with van der Waals surface area (Å²) in [4.78, 5) is 4.38. The predicted molar refractivity (Wildman–Crippen MR) is 120 cm³/mol. The molecule has 156 valence electrons. The van der Waals surface area contributed by atoms with E-state index in [2.05, 4.69) is 57.1 Å². The SMILES string of the molecule is CN=C(NCc1ccccc1Cn1cccn1)NCc1ccccc1OC1CCC1. The number of para-hydroxylation sites is 1. The third-order valence-electron chi connectivity index (χ3n) is 5.44. The fourth-order valence-corrected chi connectivity index (χ4v) is 3.46. The average Bonchev–Trinajstić information content (AvgIpc) is 3.26. The van der Waals surface area contributed by atoms with Crippen LogP contribution in [0, 0.1) is 0 Å². The molecule has 0 bridgehead atoms. The van der Waals surface area contributed by atoms with E-state index in [4.69, 9.17) is 4.74 Å². The van der Waals surface area contributed by atoms with Crippen LogP contribution in [0.5, 0.6) is 5.75 Å². The molecule has 2 aromatic carbocycles. The van der Waals surface area contributed by atoms with Crippen molar-refractivity contribution in [1.29, 1.82) is 0 Å². The van der Waals surface area contributed by atoms with E-state index in [1.54, 1.807) is 13.2 Å². The molecule has 1 aliphatic rings. The molecule has 1 aromatic heterocycles. The normalized spacial score (nSPS) is 14.2. The second-order valence-corrected chi connectivity index (χ2v) is 7.53. The van der Waals surface area contributed by atoms with Gasteiger partial charge >= 0.3 is 0 Å². The number of aromatic nitrogens is 2. The zero-order valence-corrected chi connectivity index (χ0v) is 17.4. The largest absolute Gasteiger partial charge is 0.490 e. The van der Waals surface area contributed by atoms with Gasteiger partial charge in [0.15, 0.2) is 5.96 Å². The zero-order chi connectivity index (χ0) is 20.6. The lowest BCUT2D eigenvalue weighted by atomic mass is 9.96. The number of nitrogens with one attached hydrogen (secondary N) is 2. The highest BCUT2D eigenvalue weighted by atomic mass is 16.5. The average molecular weight is 404 g/mol. The van der Waals surface area contributed by atoms with Crippen LogP contribution in [0.3, 0.4) is 0 Å². The highest BCUT2D eigenvalue weighted by Crippen LogP contribution is 2.27. The monoisotopic (exact) mass is 403 g/mol. The van der Waals surface area contributed by atoms with Crippen molar-refractivity contribution in [2.75, 3.05) is 7.05 Å². The van der Waals surface area contributed by atoms with Gasteiger partial charge in [0.2, 0.25) is 0 Å². The van der Waals surface area contributed by atoms with E-state index in [9.17, 15) is 0 Å². The molecule has 1 saturated carbocycles. The Bertz CT molecular complexity index is 963. The van der Waals surface area contributed by atoms with Gasteiger partial charge in [-0.25, -0.2) is 0 Å². The Hall–Kier alpha value is -3.28. The van der Waals surface area contributed by atoms with Gasteiger partial charge in [0, 0.05) is 38.1 Å². The Kier molecular flexibility index (Phi) is 6.65. The number of aliphatic imine (C=N–C) groups is 1. The summed E-state index contributed by atoms with van der Waals surface area (Å²) in [5.74, 6) is 1.73. The van der Waals surface area contributed by atoms with Crippen molar-refractivity contribution < 1.29 is 4.74 Å². The van der Waals surface area contributed by atoms with Gasteiger partial charge in [0.05, 0.1) is 12.6 Å². The zero-order valence-electron chi connectivity index (χ0n) is 17.4. The van der Waals surface area contributed by atoms with Crippen molar-refractivity contribution >= 4 is 5.96 Å². The maximum Gasteiger partial charge on any atom is 0.191 e. The standard InChI is InChI=1S/C24H29N5O/c1-25-24(27-17-20-9-4-5-13-23(20)30-22-11-6-12-22)26-16-19-8-2-3-10-21(19)18-29-15-7-14-28-29/h2-5,7-10,13-15,22H,6,11-12,16-18H2,1H3,(H2,25,26,27). The molecule has 1 heterocycles. The summed E-state index contributed by atoms with van der Waals surface area (Å²) < 4.78 is 8.07. The van der Waals surface area contributed by atoms with Gasteiger partial charge in [0.25, 0.3) is 0 Å².